The molecule has 80 valence electrons. The number of halogens is 2. The van der Waals surface area contributed by atoms with Crippen LogP contribution in [0.15, 0.2) is 42.6 Å². The molecule has 2 aromatic rings. The van der Waals surface area contributed by atoms with Crippen LogP contribution < -0.4 is 0 Å². The lowest BCUT2D eigenvalue weighted by molar-refractivity contribution is 0.103. The van der Waals surface area contributed by atoms with Crippen LogP contribution in [0.1, 0.15) is 16.1 Å². The van der Waals surface area contributed by atoms with Crippen molar-refractivity contribution in [2.24, 2.45) is 0 Å². The number of hydrogen-bond acceptors (Lipinski definition) is 2. The van der Waals surface area contributed by atoms with E-state index in [0.717, 1.165) is 0 Å². The highest BCUT2D eigenvalue weighted by Gasteiger charge is 2.13. The predicted molar refractivity (Wildman–Crippen MR) is 64.1 cm³/mol. The van der Waals surface area contributed by atoms with E-state index < -0.39 is 0 Å². The maximum atomic E-state index is 12.0. The standard InChI is InChI=1S/C12H7Cl2NO/c13-9-5-3-8(4-6-9)12(16)11-10(14)2-1-7-15-11/h1-7H. The summed E-state index contributed by atoms with van der Waals surface area (Å²) in [6, 6.07) is 9.93. The average molecular weight is 252 g/mol. The third-order valence-corrected chi connectivity index (χ3v) is 2.64. The number of benzene rings is 1. The number of nitrogens with zero attached hydrogens (tertiary/aromatic N) is 1. The molecule has 2 rings (SSSR count). The van der Waals surface area contributed by atoms with Gasteiger partial charge in [-0.05, 0) is 36.4 Å². The van der Waals surface area contributed by atoms with E-state index in [4.69, 9.17) is 23.2 Å². The molecule has 0 aliphatic carbocycles. The molecule has 0 amide bonds. The smallest absolute Gasteiger partial charge is 0.212 e. The molecule has 0 N–H and O–H groups in total. The third kappa shape index (κ3) is 2.23. The Kier molecular flexibility index (Phi) is 3.22. The maximum Gasteiger partial charge on any atom is 0.212 e. The number of carbonyl (C=O) groups excluding carboxylic acids is 1. The molecular formula is C12H7Cl2NO. The van der Waals surface area contributed by atoms with Crippen molar-refractivity contribution < 1.29 is 4.79 Å². The fraction of sp³-hybridized carbons (Fsp3) is 0. The molecule has 16 heavy (non-hydrogen) atoms. The lowest BCUT2D eigenvalue weighted by Gasteiger charge is -2.02. The predicted octanol–water partition coefficient (Wildman–Crippen LogP) is 3.62. The monoisotopic (exact) mass is 251 g/mol. The Hall–Kier alpha value is -1.38. The van der Waals surface area contributed by atoms with Crippen LogP contribution in [0, 0.1) is 0 Å². The molecule has 1 aromatic heterocycles. The second kappa shape index (κ2) is 4.64. The number of hydrogen-bond donors (Lipinski definition) is 0. The van der Waals surface area contributed by atoms with E-state index in [-0.39, 0.29) is 11.5 Å². The van der Waals surface area contributed by atoms with Crippen LogP contribution in [0.2, 0.25) is 10.0 Å². The van der Waals surface area contributed by atoms with Gasteiger partial charge in [0.2, 0.25) is 5.78 Å². The van der Waals surface area contributed by atoms with Crippen LogP contribution in [0.5, 0.6) is 0 Å². The van der Waals surface area contributed by atoms with Gasteiger partial charge in [-0.1, -0.05) is 23.2 Å². The van der Waals surface area contributed by atoms with Gasteiger partial charge in [-0.15, -0.1) is 0 Å². The van der Waals surface area contributed by atoms with Gasteiger partial charge in [0, 0.05) is 16.8 Å². The van der Waals surface area contributed by atoms with Crippen molar-refractivity contribution in [3.8, 4) is 0 Å². The fourth-order valence-electron chi connectivity index (χ4n) is 1.29. The summed E-state index contributed by atoms with van der Waals surface area (Å²) in [5, 5.41) is 0.936. The topological polar surface area (TPSA) is 30.0 Å². The normalized spacial score (nSPS) is 10.1. The summed E-state index contributed by atoms with van der Waals surface area (Å²) in [6.45, 7) is 0. The summed E-state index contributed by atoms with van der Waals surface area (Å²) >= 11 is 11.6. The summed E-state index contributed by atoms with van der Waals surface area (Å²) in [6.07, 6.45) is 1.54. The van der Waals surface area contributed by atoms with Crippen molar-refractivity contribution in [3.05, 3.63) is 63.9 Å². The SMILES string of the molecule is O=C(c1ccc(Cl)cc1)c1ncccc1Cl. The minimum Gasteiger partial charge on any atom is -0.287 e. The highest BCUT2D eigenvalue weighted by atomic mass is 35.5. The molecule has 1 heterocycles. The summed E-state index contributed by atoms with van der Waals surface area (Å²) in [4.78, 5) is 16.0. The summed E-state index contributed by atoms with van der Waals surface area (Å²) in [5.41, 5.74) is 0.775. The number of carbonyl (C=O) groups is 1. The van der Waals surface area contributed by atoms with Gasteiger partial charge in [-0.3, -0.25) is 9.78 Å². The number of aromatic nitrogens is 1. The first kappa shape index (κ1) is 11.1. The molecule has 1 aromatic carbocycles. The Morgan fingerprint density at radius 3 is 2.38 bits per heavy atom. The zero-order valence-corrected chi connectivity index (χ0v) is 9.66. The Labute approximate surface area is 103 Å². The Balaban J connectivity index is 2.40. The highest BCUT2D eigenvalue weighted by Crippen LogP contribution is 2.18. The minimum atomic E-state index is -0.206. The summed E-state index contributed by atoms with van der Waals surface area (Å²) in [5.74, 6) is -0.206. The zero-order chi connectivity index (χ0) is 11.5. The van der Waals surface area contributed by atoms with Gasteiger partial charge in [0.15, 0.2) is 0 Å². The Morgan fingerprint density at radius 2 is 1.75 bits per heavy atom. The lowest BCUT2D eigenvalue weighted by atomic mass is 10.1. The molecule has 4 heteroatoms. The molecule has 0 unspecified atom stereocenters. The van der Waals surface area contributed by atoms with E-state index in [1.807, 2.05) is 0 Å². The van der Waals surface area contributed by atoms with Gasteiger partial charge in [-0.25, -0.2) is 0 Å². The van der Waals surface area contributed by atoms with Crippen molar-refractivity contribution in [2.45, 2.75) is 0 Å². The first-order valence-electron chi connectivity index (χ1n) is 4.59. The molecule has 0 aliphatic rings. The van der Waals surface area contributed by atoms with Gasteiger partial charge >= 0.3 is 0 Å². The molecule has 0 atom stereocenters. The van der Waals surface area contributed by atoms with E-state index in [9.17, 15) is 4.79 Å². The molecule has 0 fully saturated rings. The summed E-state index contributed by atoms with van der Waals surface area (Å²) in [7, 11) is 0. The first-order chi connectivity index (χ1) is 7.68. The highest BCUT2D eigenvalue weighted by molar-refractivity contribution is 6.34. The van der Waals surface area contributed by atoms with Crippen LogP contribution in [-0.2, 0) is 0 Å². The van der Waals surface area contributed by atoms with Gasteiger partial charge in [0.25, 0.3) is 0 Å². The van der Waals surface area contributed by atoms with Gasteiger partial charge in [0.1, 0.15) is 5.69 Å². The van der Waals surface area contributed by atoms with E-state index >= 15 is 0 Å². The van der Waals surface area contributed by atoms with Gasteiger partial charge in [-0.2, -0.15) is 0 Å². The molecule has 0 saturated heterocycles. The number of pyridine rings is 1. The molecule has 0 spiro atoms. The third-order valence-electron chi connectivity index (χ3n) is 2.08. The molecule has 0 aliphatic heterocycles. The van der Waals surface area contributed by atoms with E-state index in [2.05, 4.69) is 4.98 Å². The Morgan fingerprint density at radius 1 is 1.06 bits per heavy atom. The van der Waals surface area contributed by atoms with Crippen LogP contribution >= 0.6 is 23.2 Å². The van der Waals surface area contributed by atoms with Crippen molar-refractivity contribution in [3.63, 3.8) is 0 Å². The van der Waals surface area contributed by atoms with Crippen LogP contribution in [0.25, 0.3) is 0 Å². The van der Waals surface area contributed by atoms with Crippen LogP contribution in [0.3, 0.4) is 0 Å². The minimum absolute atomic E-state index is 0.206. The maximum absolute atomic E-state index is 12.0. The second-order valence-electron chi connectivity index (χ2n) is 3.17. The van der Waals surface area contributed by atoms with E-state index in [0.29, 0.717) is 15.6 Å². The second-order valence-corrected chi connectivity index (χ2v) is 4.01. The average Bonchev–Trinajstić information content (AvgIpc) is 2.30. The number of ketones is 1. The Bertz CT molecular complexity index is 523. The molecule has 0 radical (unpaired) electrons. The number of rotatable bonds is 2. The lowest BCUT2D eigenvalue weighted by Crippen LogP contribution is -2.04. The molecule has 0 bridgehead atoms. The van der Waals surface area contributed by atoms with Crippen molar-refractivity contribution in [2.75, 3.05) is 0 Å². The van der Waals surface area contributed by atoms with E-state index in [1.54, 1.807) is 36.4 Å². The van der Waals surface area contributed by atoms with Crippen molar-refractivity contribution in [1.29, 1.82) is 0 Å². The van der Waals surface area contributed by atoms with Crippen molar-refractivity contribution >= 4 is 29.0 Å². The molecular weight excluding hydrogens is 245 g/mol. The fourth-order valence-corrected chi connectivity index (χ4v) is 1.62. The van der Waals surface area contributed by atoms with Gasteiger partial charge in [0.05, 0.1) is 5.02 Å². The molecule has 0 saturated carbocycles. The van der Waals surface area contributed by atoms with Crippen LogP contribution in [-0.4, -0.2) is 10.8 Å². The first-order valence-corrected chi connectivity index (χ1v) is 5.35. The van der Waals surface area contributed by atoms with E-state index in [1.165, 1.54) is 6.20 Å². The summed E-state index contributed by atoms with van der Waals surface area (Å²) < 4.78 is 0. The molecule has 2 nitrogen and oxygen atoms in total. The van der Waals surface area contributed by atoms with Crippen molar-refractivity contribution in [1.82, 2.24) is 4.98 Å². The zero-order valence-electron chi connectivity index (χ0n) is 8.15. The quantitative estimate of drug-likeness (QED) is 0.764. The van der Waals surface area contributed by atoms with Crippen LogP contribution in [0.4, 0.5) is 0 Å². The van der Waals surface area contributed by atoms with Gasteiger partial charge < -0.3 is 0 Å². The largest absolute Gasteiger partial charge is 0.287 e.